The first-order valence-corrected chi connectivity index (χ1v) is 7.98. The normalized spacial score (nSPS) is 11.8. The van der Waals surface area contributed by atoms with E-state index < -0.39 is 11.7 Å². The first-order valence-electron chi connectivity index (χ1n) is 6.99. The fraction of sp³-hybridized carbons (Fsp3) is 0.188. The lowest BCUT2D eigenvalue weighted by Gasteiger charge is -2.07. The van der Waals surface area contributed by atoms with E-state index in [1.807, 2.05) is 0 Å². The number of halogens is 3. The van der Waals surface area contributed by atoms with Gasteiger partial charge in [-0.15, -0.1) is 18.3 Å². The van der Waals surface area contributed by atoms with E-state index in [-0.39, 0.29) is 5.52 Å². The van der Waals surface area contributed by atoms with Crippen molar-refractivity contribution in [3.63, 3.8) is 0 Å². The number of alkyl halides is 3. The molecule has 0 saturated carbocycles. The second-order valence-electron chi connectivity index (χ2n) is 5.03. The number of aromatic nitrogens is 4. The number of nitrogens with zero attached hydrogens (tertiary/aromatic N) is 4. The van der Waals surface area contributed by atoms with Gasteiger partial charge in [-0.3, -0.25) is 4.98 Å². The number of thioether (sulfide) groups is 1. The summed E-state index contributed by atoms with van der Waals surface area (Å²) in [5.74, 6) is 1.24. The molecule has 0 aliphatic carbocycles. The van der Waals surface area contributed by atoms with E-state index >= 15 is 0 Å². The first kappa shape index (κ1) is 16.5. The molecule has 0 aromatic carbocycles. The minimum Gasteiger partial charge on any atom is -0.312 e. The molecule has 0 aliphatic rings. The van der Waals surface area contributed by atoms with Crippen molar-refractivity contribution in [1.29, 1.82) is 0 Å². The van der Waals surface area contributed by atoms with E-state index in [2.05, 4.69) is 21.5 Å². The molecule has 0 spiro atoms. The molecular weight excluding hydrogens is 337 g/mol. The number of rotatable bonds is 4. The Balaban J connectivity index is 2.14. The molecule has 0 N–H and O–H groups in total. The van der Waals surface area contributed by atoms with E-state index in [9.17, 15) is 13.2 Å². The van der Waals surface area contributed by atoms with Crippen LogP contribution < -0.4 is 0 Å². The van der Waals surface area contributed by atoms with Crippen LogP contribution in [0.2, 0.25) is 0 Å². The van der Waals surface area contributed by atoms with Crippen molar-refractivity contribution in [3.05, 3.63) is 48.9 Å². The molecule has 3 rings (SSSR count). The Kier molecular flexibility index (Phi) is 4.31. The zero-order valence-electron chi connectivity index (χ0n) is 12.7. The predicted octanol–water partition coefficient (Wildman–Crippen LogP) is 4.33. The Morgan fingerprint density at radius 1 is 1.33 bits per heavy atom. The maximum Gasteiger partial charge on any atom is 0.417 e. The molecule has 0 aliphatic heterocycles. The van der Waals surface area contributed by atoms with Gasteiger partial charge in [0.25, 0.3) is 0 Å². The van der Waals surface area contributed by atoms with Crippen LogP contribution in [0.1, 0.15) is 5.56 Å². The zero-order valence-corrected chi connectivity index (χ0v) is 13.5. The number of fused-ring (bicyclic) bond motifs is 1. The minimum absolute atomic E-state index is 0.207. The molecule has 8 heteroatoms. The van der Waals surface area contributed by atoms with Gasteiger partial charge in [-0.2, -0.15) is 13.2 Å². The SMILES string of the molecule is C=CCSc1cnccc1-c1nc2cc(C(F)(F)F)cnc2n1C. The van der Waals surface area contributed by atoms with Gasteiger partial charge in [0.1, 0.15) is 11.3 Å². The average molecular weight is 350 g/mol. The molecule has 124 valence electrons. The van der Waals surface area contributed by atoms with Crippen molar-refractivity contribution in [3.8, 4) is 11.4 Å². The number of imidazole rings is 1. The molecule has 4 nitrogen and oxygen atoms in total. The Morgan fingerprint density at radius 2 is 2.12 bits per heavy atom. The van der Waals surface area contributed by atoms with Crippen LogP contribution >= 0.6 is 11.8 Å². The predicted molar refractivity (Wildman–Crippen MR) is 87.7 cm³/mol. The monoisotopic (exact) mass is 350 g/mol. The summed E-state index contributed by atoms with van der Waals surface area (Å²) in [5, 5.41) is 0. The van der Waals surface area contributed by atoms with Crippen molar-refractivity contribution in [2.75, 3.05) is 5.75 Å². The summed E-state index contributed by atoms with van der Waals surface area (Å²) in [4.78, 5) is 13.3. The van der Waals surface area contributed by atoms with Crippen molar-refractivity contribution in [2.45, 2.75) is 11.1 Å². The third-order valence-electron chi connectivity index (χ3n) is 3.42. The smallest absolute Gasteiger partial charge is 0.312 e. The summed E-state index contributed by atoms with van der Waals surface area (Å²) in [6.07, 6.45) is 1.49. The quantitative estimate of drug-likeness (QED) is 0.519. The van der Waals surface area contributed by atoms with Gasteiger partial charge in [-0.25, -0.2) is 9.97 Å². The number of hydrogen-bond acceptors (Lipinski definition) is 4. The summed E-state index contributed by atoms with van der Waals surface area (Å²) in [7, 11) is 1.73. The lowest BCUT2D eigenvalue weighted by molar-refractivity contribution is -0.137. The van der Waals surface area contributed by atoms with Gasteiger partial charge in [0.2, 0.25) is 0 Å². The third kappa shape index (κ3) is 3.01. The first-order chi connectivity index (χ1) is 11.4. The lowest BCUT2D eigenvalue weighted by atomic mass is 10.2. The standard InChI is InChI=1S/C16H13F3N4S/c1-3-6-24-13-9-20-5-4-11(13)14-22-12-7-10(16(17,18)19)8-21-15(12)23(14)2/h3-5,7-9H,1,6H2,2H3. The second kappa shape index (κ2) is 6.27. The van der Waals surface area contributed by atoms with Gasteiger partial charge in [-0.05, 0) is 12.1 Å². The number of aryl methyl sites for hydroxylation is 1. The highest BCUT2D eigenvalue weighted by Crippen LogP contribution is 2.34. The Labute approximate surface area is 140 Å². The summed E-state index contributed by atoms with van der Waals surface area (Å²) >= 11 is 1.53. The van der Waals surface area contributed by atoms with Crippen molar-refractivity contribution in [1.82, 2.24) is 19.5 Å². The third-order valence-corrected chi connectivity index (χ3v) is 4.46. The van der Waals surface area contributed by atoms with E-state index in [0.29, 0.717) is 17.2 Å². The maximum atomic E-state index is 12.9. The molecule has 0 bridgehead atoms. The van der Waals surface area contributed by atoms with E-state index in [0.717, 1.165) is 22.7 Å². The van der Waals surface area contributed by atoms with Crippen LogP contribution in [0.4, 0.5) is 13.2 Å². The summed E-state index contributed by atoms with van der Waals surface area (Å²) in [6.45, 7) is 3.68. The van der Waals surface area contributed by atoms with Crippen LogP contribution in [0.25, 0.3) is 22.6 Å². The largest absolute Gasteiger partial charge is 0.417 e. The lowest BCUT2D eigenvalue weighted by Crippen LogP contribution is -2.05. The van der Waals surface area contributed by atoms with Crippen molar-refractivity contribution >= 4 is 22.9 Å². The van der Waals surface area contributed by atoms with Gasteiger partial charge < -0.3 is 4.57 Å². The average Bonchev–Trinajstić information content (AvgIpc) is 2.89. The van der Waals surface area contributed by atoms with Gasteiger partial charge in [-0.1, -0.05) is 6.08 Å². The van der Waals surface area contributed by atoms with Crippen LogP contribution in [0.15, 0.2) is 48.3 Å². The van der Waals surface area contributed by atoms with Crippen LogP contribution in [0.5, 0.6) is 0 Å². The molecule has 0 amide bonds. The fourth-order valence-corrected chi connectivity index (χ4v) is 3.05. The second-order valence-corrected chi connectivity index (χ2v) is 6.09. The fourth-order valence-electron chi connectivity index (χ4n) is 2.30. The van der Waals surface area contributed by atoms with E-state index in [1.165, 1.54) is 11.8 Å². The topological polar surface area (TPSA) is 43.6 Å². The molecule has 0 fully saturated rings. The molecule has 24 heavy (non-hydrogen) atoms. The highest BCUT2D eigenvalue weighted by atomic mass is 32.2. The molecule has 0 unspecified atom stereocenters. The Hall–Kier alpha value is -2.35. The molecule has 3 heterocycles. The van der Waals surface area contributed by atoms with Crippen LogP contribution in [0, 0.1) is 0 Å². The highest BCUT2D eigenvalue weighted by Gasteiger charge is 2.31. The Bertz CT molecular complexity index is 902. The number of hydrogen-bond donors (Lipinski definition) is 0. The van der Waals surface area contributed by atoms with E-state index in [1.54, 1.807) is 36.2 Å². The molecule has 3 aromatic heterocycles. The minimum atomic E-state index is -4.44. The summed E-state index contributed by atoms with van der Waals surface area (Å²) < 4.78 is 40.2. The van der Waals surface area contributed by atoms with Crippen LogP contribution in [-0.2, 0) is 13.2 Å². The molecule has 0 atom stereocenters. The van der Waals surface area contributed by atoms with Gasteiger partial charge >= 0.3 is 6.18 Å². The van der Waals surface area contributed by atoms with Crippen molar-refractivity contribution < 1.29 is 13.2 Å². The zero-order chi connectivity index (χ0) is 17.3. The van der Waals surface area contributed by atoms with E-state index in [4.69, 9.17) is 0 Å². The maximum absolute atomic E-state index is 12.9. The highest BCUT2D eigenvalue weighted by molar-refractivity contribution is 7.99. The Morgan fingerprint density at radius 3 is 2.83 bits per heavy atom. The molecule has 0 radical (unpaired) electrons. The van der Waals surface area contributed by atoms with Gasteiger partial charge in [0.15, 0.2) is 5.65 Å². The molecule has 3 aromatic rings. The van der Waals surface area contributed by atoms with Gasteiger partial charge in [0, 0.05) is 41.8 Å². The summed E-state index contributed by atoms with van der Waals surface area (Å²) in [6, 6.07) is 2.81. The van der Waals surface area contributed by atoms with Crippen molar-refractivity contribution in [2.24, 2.45) is 7.05 Å². The van der Waals surface area contributed by atoms with Gasteiger partial charge in [0.05, 0.1) is 5.56 Å². The van der Waals surface area contributed by atoms with Crippen LogP contribution in [0.3, 0.4) is 0 Å². The molecular formula is C16H13F3N4S. The molecule has 0 saturated heterocycles. The summed E-state index contributed by atoms with van der Waals surface area (Å²) in [5.41, 5.74) is 0.592. The number of pyridine rings is 2. The van der Waals surface area contributed by atoms with Crippen LogP contribution in [-0.4, -0.2) is 25.3 Å².